The normalized spacial score (nSPS) is 19.9. The van der Waals surface area contributed by atoms with Gasteiger partial charge in [-0.1, -0.05) is 11.6 Å². The van der Waals surface area contributed by atoms with Crippen molar-refractivity contribution in [1.29, 1.82) is 0 Å². The average molecular weight is 299 g/mol. The number of hydrogen-bond donors (Lipinski definition) is 0. The van der Waals surface area contributed by atoms with Crippen molar-refractivity contribution in [2.45, 2.75) is 13.0 Å². The zero-order chi connectivity index (χ0) is 14.9. The van der Waals surface area contributed by atoms with Gasteiger partial charge in [-0.2, -0.15) is 0 Å². The molecular weight excluding hydrogens is 284 g/mol. The van der Waals surface area contributed by atoms with Crippen LogP contribution in [0.25, 0.3) is 0 Å². The number of nitrogens with zero attached hydrogens (tertiary/aromatic N) is 4. The SMILES string of the molecule is CC1CN(C)CCN1C(=O)c1ccnc(Cl)c1[N+](=O)[O-]. The molecule has 0 spiro atoms. The Morgan fingerprint density at radius 1 is 1.55 bits per heavy atom. The van der Waals surface area contributed by atoms with Crippen LogP contribution in [0, 0.1) is 10.1 Å². The van der Waals surface area contributed by atoms with Gasteiger partial charge >= 0.3 is 5.69 Å². The van der Waals surface area contributed by atoms with E-state index in [1.807, 2.05) is 14.0 Å². The van der Waals surface area contributed by atoms with E-state index in [-0.39, 0.29) is 22.7 Å². The summed E-state index contributed by atoms with van der Waals surface area (Å²) in [6.07, 6.45) is 1.31. The maximum Gasteiger partial charge on any atom is 0.319 e. The van der Waals surface area contributed by atoms with Gasteiger partial charge in [0.15, 0.2) is 0 Å². The van der Waals surface area contributed by atoms with Crippen LogP contribution in [0.5, 0.6) is 0 Å². The minimum atomic E-state index is -0.663. The molecule has 1 aliphatic heterocycles. The van der Waals surface area contributed by atoms with Crippen LogP contribution in [0.15, 0.2) is 12.3 Å². The van der Waals surface area contributed by atoms with E-state index < -0.39 is 10.6 Å². The molecule has 1 unspecified atom stereocenters. The highest BCUT2D eigenvalue weighted by molar-refractivity contribution is 6.32. The Morgan fingerprint density at radius 3 is 2.85 bits per heavy atom. The minimum Gasteiger partial charge on any atom is -0.333 e. The number of likely N-dealkylation sites (N-methyl/N-ethyl adjacent to an activating group) is 1. The highest BCUT2D eigenvalue weighted by Gasteiger charge is 2.32. The Morgan fingerprint density at radius 2 is 2.25 bits per heavy atom. The van der Waals surface area contributed by atoms with Gasteiger partial charge < -0.3 is 9.80 Å². The van der Waals surface area contributed by atoms with Crippen molar-refractivity contribution in [2.24, 2.45) is 0 Å². The number of carbonyl (C=O) groups excluding carboxylic acids is 1. The number of piperazine rings is 1. The minimum absolute atomic E-state index is 0.00667. The predicted octanol–water partition coefficient (Wildman–Crippen LogP) is 1.42. The molecular formula is C12H15ClN4O3. The predicted molar refractivity (Wildman–Crippen MR) is 73.9 cm³/mol. The molecule has 2 heterocycles. The number of aromatic nitrogens is 1. The summed E-state index contributed by atoms with van der Waals surface area (Å²) in [6, 6.07) is 1.34. The van der Waals surface area contributed by atoms with Crippen LogP contribution in [0.3, 0.4) is 0 Å². The molecule has 20 heavy (non-hydrogen) atoms. The van der Waals surface area contributed by atoms with Gasteiger partial charge in [0.25, 0.3) is 5.91 Å². The molecule has 0 aliphatic carbocycles. The largest absolute Gasteiger partial charge is 0.333 e. The van der Waals surface area contributed by atoms with Crippen molar-refractivity contribution in [1.82, 2.24) is 14.8 Å². The van der Waals surface area contributed by atoms with Crippen molar-refractivity contribution >= 4 is 23.2 Å². The molecule has 1 saturated heterocycles. The lowest BCUT2D eigenvalue weighted by Gasteiger charge is -2.38. The summed E-state index contributed by atoms with van der Waals surface area (Å²) in [5.74, 6) is -0.374. The Bertz CT molecular complexity index is 552. The first-order chi connectivity index (χ1) is 9.41. The molecule has 1 fully saturated rings. The summed E-state index contributed by atoms with van der Waals surface area (Å²) >= 11 is 5.74. The average Bonchev–Trinajstić information content (AvgIpc) is 2.37. The van der Waals surface area contributed by atoms with Crippen molar-refractivity contribution in [2.75, 3.05) is 26.7 Å². The Kier molecular flexibility index (Phi) is 4.20. The lowest BCUT2D eigenvalue weighted by molar-refractivity contribution is -0.385. The third kappa shape index (κ3) is 2.73. The lowest BCUT2D eigenvalue weighted by atomic mass is 10.1. The Labute approximate surface area is 121 Å². The first-order valence-electron chi connectivity index (χ1n) is 6.20. The fourth-order valence-corrected chi connectivity index (χ4v) is 2.60. The zero-order valence-electron chi connectivity index (χ0n) is 11.2. The molecule has 2 rings (SSSR count). The second kappa shape index (κ2) is 5.72. The molecule has 0 aromatic carbocycles. The third-order valence-corrected chi connectivity index (χ3v) is 3.66. The first-order valence-corrected chi connectivity index (χ1v) is 6.58. The van der Waals surface area contributed by atoms with Crippen molar-refractivity contribution < 1.29 is 9.72 Å². The van der Waals surface area contributed by atoms with Crippen molar-refractivity contribution in [3.8, 4) is 0 Å². The van der Waals surface area contributed by atoms with Crippen LogP contribution < -0.4 is 0 Å². The fraction of sp³-hybridized carbons (Fsp3) is 0.500. The topological polar surface area (TPSA) is 79.6 Å². The number of nitro groups is 1. The van der Waals surface area contributed by atoms with Crippen molar-refractivity contribution in [3.63, 3.8) is 0 Å². The number of amides is 1. The summed E-state index contributed by atoms with van der Waals surface area (Å²) < 4.78 is 0. The molecule has 108 valence electrons. The standard InChI is InChI=1S/C12H15ClN4O3/c1-8-7-15(2)5-6-16(8)12(18)9-3-4-14-11(13)10(9)17(19)20/h3-4,8H,5-7H2,1-2H3. The molecule has 0 saturated carbocycles. The molecule has 1 aromatic rings. The van der Waals surface area contributed by atoms with Crippen molar-refractivity contribution in [3.05, 3.63) is 33.1 Å². The highest BCUT2D eigenvalue weighted by atomic mass is 35.5. The number of carbonyl (C=O) groups is 1. The van der Waals surface area contributed by atoms with Gasteiger partial charge in [-0.3, -0.25) is 14.9 Å². The van der Waals surface area contributed by atoms with Gasteiger partial charge in [-0.05, 0) is 20.0 Å². The van der Waals surface area contributed by atoms with E-state index >= 15 is 0 Å². The van der Waals surface area contributed by atoms with Gasteiger partial charge in [0.2, 0.25) is 5.15 Å². The summed E-state index contributed by atoms with van der Waals surface area (Å²) in [6.45, 7) is 3.93. The molecule has 0 N–H and O–H groups in total. The third-order valence-electron chi connectivity index (χ3n) is 3.38. The Balaban J connectivity index is 2.34. The van der Waals surface area contributed by atoms with E-state index in [1.54, 1.807) is 4.90 Å². The van der Waals surface area contributed by atoms with E-state index in [9.17, 15) is 14.9 Å². The maximum atomic E-state index is 12.5. The summed E-state index contributed by atoms with van der Waals surface area (Å²) in [5.41, 5.74) is -0.434. The molecule has 1 aromatic heterocycles. The molecule has 0 radical (unpaired) electrons. The van der Waals surface area contributed by atoms with Gasteiger partial charge in [0.1, 0.15) is 5.56 Å². The van der Waals surface area contributed by atoms with Gasteiger partial charge in [0.05, 0.1) is 4.92 Å². The maximum absolute atomic E-state index is 12.5. The molecule has 1 atom stereocenters. The van der Waals surface area contributed by atoms with Crippen LogP contribution >= 0.6 is 11.6 Å². The molecule has 7 nitrogen and oxygen atoms in total. The zero-order valence-corrected chi connectivity index (χ0v) is 12.0. The van der Waals surface area contributed by atoms with Gasteiger partial charge in [0, 0.05) is 31.9 Å². The van der Waals surface area contributed by atoms with Crippen LogP contribution in [0.2, 0.25) is 5.15 Å². The molecule has 1 amide bonds. The van der Waals surface area contributed by atoms with E-state index in [2.05, 4.69) is 9.88 Å². The van der Waals surface area contributed by atoms with Crippen LogP contribution in [0.4, 0.5) is 5.69 Å². The smallest absolute Gasteiger partial charge is 0.319 e. The highest BCUT2D eigenvalue weighted by Crippen LogP contribution is 2.28. The van der Waals surface area contributed by atoms with E-state index in [1.165, 1.54) is 12.3 Å². The summed E-state index contributed by atoms with van der Waals surface area (Å²) in [7, 11) is 1.98. The second-order valence-electron chi connectivity index (χ2n) is 4.86. The molecule has 0 bridgehead atoms. The first kappa shape index (κ1) is 14.7. The number of hydrogen-bond acceptors (Lipinski definition) is 5. The van der Waals surface area contributed by atoms with Crippen LogP contribution in [-0.2, 0) is 0 Å². The summed E-state index contributed by atoms with van der Waals surface area (Å²) in [4.78, 5) is 30.3. The number of pyridine rings is 1. The quantitative estimate of drug-likeness (QED) is 0.469. The number of rotatable bonds is 2. The molecule has 1 aliphatic rings. The summed E-state index contributed by atoms with van der Waals surface area (Å²) in [5, 5.41) is 10.8. The second-order valence-corrected chi connectivity index (χ2v) is 5.22. The van der Waals surface area contributed by atoms with Gasteiger partial charge in [-0.15, -0.1) is 0 Å². The Hall–Kier alpha value is -1.73. The lowest BCUT2D eigenvalue weighted by Crippen LogP contribution is -2.52. The van der Waals surface area contributed by atoms with Crippen LogP contribution in [-0.4, -0.2) is 58.3 Å². The molecule has 8 heteroatoms. The van der Waals surface area contributed by atoms with E-state index in [0.717, 1.165) is 13.1 Å². The van der Waals surface area contributed by atoms with E-state index in [0.29, 0.717) is 6.54 Å². The monoisotopic (exact) mass is 298 g/mol. The van der Waals surface area contributed by atoms with E-state index in [4.69, 9.17) is 11.6 Å². The van der Waals surface area contributed by atoms with Crippen LogP contribution in [0.1, 0.15) is 17.3 Å². The fourth-order valence-electron chi connectivity index (χ4n) is 2.37. The van der Waals surface area contributed by atoms with Gasteiger partial charge in [-0.25, -0.2) is 4.98 Å². The number of halogens is 1.